The molecule has 104 valence electrons. The highest BCUT2D eigenvalue weighted by atomic mass is 19.1. The zero-order valence-electron chi connectivity index (χ0n) is 11.6. The van der Waals surface area contributed by atoms with E-state index in [-0.39, 0.29) is 17.8 Å². The summed E-state index contributed by atoms with van der Waals surface area (Å²) in [5.41, 5.74) is -0.0434. The van der Waals surface area contributed by atoms with Crippen LogP contribution in [0.1, 0.15) is 30.9 Å². The fourth-order valence-corrected chi connectivity index (χ4v) is 3.12. The molecular weight excluding hydrogens is 245 g/mol. The number of carbonyl (C=O) groups excluding carboxylic acids is 1. The number of hydrogen-bond acceptors (Lipinski definition) is 3. The Kier molecular flexibility index (Phi) is 3.90. The number of esters is 1. The van der Waals surface area contributed by atoms with Gasteiger partial charge in [-0.15, -0.1) is 0 Å². The van der Waals surface area contributed by atoms with Crippen molar-refractivity contribution in [2.75, 3.05) is 21.2 Å². The Morgan fingerprint density at radius 2 is 2.00 bits per heavy atom. The van der Waals surface area contributed by atoms with Gasteiger partial charge in [-0.25, -0.2) is 4.39 Å². The summed E-state index contributed by atoms with van der Waals surface area (Å²) in [6.07, 6.45) is 2.47. The van der Waals surface area contributed by atoms with Gasteiger partial charge in [-0.1, -0.05) is 24.6 Å². The SMILES string of the molecule is COC(=O)C1(C(c2ccccc2F)N(C)C)CCC1. The van der Waals surface area contributed by atoms with E-state index < -0.39 is 5.41 Å². The quantitative estimate of drug-likeness (QED) is 0.784. The van der Waals surface area contributed by atoms with Gasteiger partial charge < -0.3 is 9.64 Å². The van der Waals surface area contributed by atoms with E-state index in [9.17, 15) is 9.18 Å². The third-order valence-corrected chi connectivity index (χ3v) is 4.08. The number of ether oxygens (including phenoxy) is 1. The highest BCUT2D eigenvalue weighted by molar-refractivity contribution is 5.79. The fourth-order valence-electron chi connectivity index (χ4n) is 3.12. The molecular formula is C15H20FNO2. The average molecular weight is 265 g/mol. The normalized spacial score (nSPS) is 18.8. The van der Waals surface area contributed by atoms with E-state index >= 15 is 0 Å². The smallest absolute Gasteiger partial charge is 0.313 e. The molecule has 1 aromatic rings. The zero-order chi connectivity index (χ0) is 14.0. The van der Waals surface area contributed by atoms with Gasteiger partial charge in [0, 0.05) is 5.56 Å². The van der Waals surface area contributed by atoms with E-state index in [4.69, 9.17) is 4.74 Å². The maximum absolute atomic E-state index is 14.1. The van der Waals surface area contributed by atoms with E-state index in [1.54, 1.807) is 18.2 Å². The molecule has 0 spiro atoms. The Morgan fingerprint density at radius 3 is 2.42 bits per heavy atom. The van der Waals surface area contributed by atoms with Gasteiger partial charge in [0.1, 0.15) is 5.82 Å². The minimum absolute atomic E-state index is 0.235. The van der Waals surface area contributed by atoms with Crippen LogP contribution < -0.4 is 0 Å². The van der Waals surface area contributed by atoms with Gasteiger partial charge in [-0.2, -0.15) is 0 Å². The number of halogens is 1. The third-order valence-electron chi connectivity index (χ3n) is 4.08. The lowest BCUT2D eigenvalue weighted by Crippen LogP contribution is -2.49. The van der Waals surface area contributed by atoms with Crippen LogP contribution in [0.3, 0.4) is 0 Å². The Hall–Kier alpha value is -1.42. The molecule has 0 aliphatic heterocycles. The van der Waals surface area contributed by atoms with Crippen LogP contribution in [-0.4, -0.2) is 32.1 Å². The lowest BCUT2D eigenvalue weighted by molar-refractivity contribution is -0.165. The summed E-state index contributed by atoms with van der Waals surface area (Å²) in [4.78, 5) is 14.1. The van der Waals surface area contributed by atoms with Crippen molar-refractivity contribution in [3.05, 3.63) is 35.6 Å². The summed E-state index contributed by atoms with van der Waals surface area (Å²) >= 11 is 0. The highest BCUT2D eigenvalue weighted by Gasteiger charge is 2.53. The number of nitrogens with zero attached hydrogens (tertiary/aromatic N) is 1. The van der Waals surface area contributed by atoms with Crippen LogP contribution in [0.5, 0.6) is 0 Å². The number of benzene rings is 1. The molecule has 1 atom stereocenters. The topological polar surface area (TPSA) is 29.5 Å². The van der Waals surface area contributed by atoms with Crippen LogP contribution in [0.15, 0.2) is 24.3 Å². The first-order valence-corrected chi connectivity index (χ1v) is 6.52. The Labute approximate surface area is 113 Å². The van der Waals surface area contributed by atoms with Crippen LogP contribution >= 0.6 is 0 Å². The molecule has 0 amide bonds. The molecule has 1 fully saturated rings. The van der Waals surface area contributed by atoms with Gasteiger partial charge in [0.05, 0.1) is 18.6 Å². The first-order chi connectivity index (χ1) is 9.03. The van der Waals surface area contributed by atoms with Crippen molar-refractivity contribution in [1.82, 2.24) is 4.90 Å². The molecule has 0 bridgehead atoms. The predicted molar refractivity (Wildman–Crippen MR) is 71.1 cm³/mol. The molecule has 1 aromatic carbocycles. The van der Waals surface area contributed by atoms with E-state index in [1.807, 2.05) is 19.0 Å². The summed E-state index contributed by atoms with van der Waals surface area (Å²) in [5, 5.41) is 0. The second-order valence-corrected chi connectivity index (χ2v) is 5.39. The van der Waals surface area contributed by atoms with Gasteiger partial charge in [0.2, 0.25) is 0 Å². The van der Waals surface area contributed by atoms with Crippen LogP contribution in [0.4, 0.5) is 4.39 Å². The third kappa shape index (κ3) is 2.25. The van der Waals surface area contributed by atoms with Gasteiger partial charge in [-0.05, 0) is 33.0 Å². The molecule has 0 radical (unpaired) electrons. The predicted octanol–water partition coefficient (Wildman–Crippen LogP) is 2.77. The molecule has 3 nitrogen and oxygen atoms in total. The van der Waals surface area contributed by atoms with E-state index in [0.717, 1.165) is 19.3 Å². The number of carbonyl (C=O) groups is 1. The van der Waals surface area contributed by atoms with Crippen molar-refractivity contribution in [1.29, 1.82) is 0 Å². The van der Waals surface area contributed by atoms with Crippen molar-refractivity contribution in [3.8, 4) is 0 Å². The molecule has 1 aliphatic carbocycles. The van der Waals surface area contributed by atoms with E-state index in [1.165, 1.54) is 13.2 Å². The van der Waals surface area contributed by atoms with Crippen molar-refractivity contribution in [3.63, 3.8) is 0 Å². The first kappa shape index (κ1) is 14.0. The lowest BCUT2D eigenvalue weighted by atomic mass is 9.62. The van der Waals surface area contributed by atoms with Gasteiger partial charge >= 0.3 is 5.97 Å². The summed E-state index contributed by atoms with van der Waals surface area (Å²) in [7, 11) is 5.15. The standard InChI is InChI=1S/C15H20FNO2/c1-17(2)13(11-7-4-5-8-12(11)16)15(9-6-10-15)14(18)19-3/h4-5,7-8,13H,6,9-10H2,1-3H3. The second-order valence-electron chi connectivity index (χ2n) is 5.39. The molecule has 2 rings (SSSR count). The van der Waals surface area contributed by atoms with Crippen LogP contribution in [0.25, 0.3) is 0 Å². The van der Waals surface area contributed by atoms with E-state index in [0.29, 0.717) is 5.56 Å². The maximum atomic E-state index is 14.1. The summed E-state index contributed by atoms with van der Waals surface area (Å²) < 4.78 is 19.0. The fraction of sp³-hybridized carbons (Fsp3) is 0.533. The molecule has 0 N–H and O–H groups in total. The van der Waals surface area contributed by atoms with Gasteiger partial charge in [-0.3, -0.25) is 4.79 Å². The number of hydrogen-bond donors (Lipinski definition) is 0. The van der Waals surface area contributed by atoms with Crippen molar-refractivity contribution >= 4 is 5.97 Å². The Balaban J connectivity index is 2.46. The Bertz CT molecular complexity index is 469. The lowest BCUT2D eigenvalue weighted by Gasteiger charge is -2.47. The number of rotatable bonds is 4. The molecule has 1 unspecified atom stereocenters. The highest BCUT2D eigenvalue weighted by Crippen LogP contribution is 2.53. The molecule has 1 saturated carbocycles. The summed E-state index contributed by atoms with van der Waals surface area (Å²) in [6.45, 7) is 0. The van der Waals surface area contributed by atoms with Crippen molar-refractivity contribution < 1.29 is 13.9 Å². The molecule has 19 heavy (non-hydrogen) atoms. The van der Waals surface area contributed by atoms with Crippen LogP contribution in [0.2, 0.25) is 0 Å². The minimum atomic E-state index is -0.611. The zero-order valence-corrected chi connectivity index (χ0v) is 11.6. The molecule has 0 aromatic heterocycles. The second kappa shape index (κ2) is 5.29. The monoisotopic (exact) mass is 265 g/mol. The first-order valence-electron chi connectivity index (χ1n) is 6.52. The molecule has 0 heterocycles. The van der Waals surface area contributed by atoms with Crippen LogP contribution in [-0.2, 0) is 9.53 Å². The van der Waals surface area contributed by atoms with E-state index in [2.05, 4.69) is 0 Å². The van der Waals surface area contributed by atoms with Crippen LogP contribution in [0, 0.1) is 11.2 Å². The van der Waals surface area contributed by atoms with Gasteiger partial charge in [0.25, 0.3) is 0 Å². The molecule has 1 aliphatic rings. The van der Waals surface area contributed by atoms with Gasteiger partial charge in [0.15, 0.2) is 0 Å². The molecule has 0 saturated heterocycles. The number of methoxy groups -OCH3 is 1. The minimum Gasteiger partial charge on any atom is -0.469 e. The Morgan fingerprint density at radius 1 is 1.37 bits per heavy atom. The summed E-state index contributed by atoms with van der Waals surface area (Å²) in [6, 6.07) is 6.38. The molecule has 4 heteroatoms. The van der Waals surface area contributed by atoms with Crippen molar-refractivity contribution in [2.45, 2.75) is 25.3 Å². The largest absolute Gasteiger partial charge is 0.469 e. The average Bonchev–Trinajstić information content (AvgIpc) is 2.33. The maximum Gasteiger partial charge on any atom is 0.313 e. The van der Waals surface area contributed by atoms with Crippen molar-refractivity contribution in [2.24, 2.45) is 5.41 Å². The summed E-state index contributed by atoms with van der Waals surface area (Å²) in [5.74, 6) is -0.503.